The monoisotopic (exact) mass is 391 g/mol. The van der Waals surface area contributed by atoms with Gasteiger partial charge in [0.15, 0.2) is 0 Å². The average molecular weight is 391 g/mol. The van der Waals surface area contributed by atoms with Crippen LogP contribution in [0.4, 0.5) is 19.0 Å². The minimum absolute atomic E-state index is 0.305. The van der Waals surface area contributed by atoms with Gasteiger partial charge in [0.25, 0.3) is 5.91 Å². The minimum atomic E-state index is -4.43. The Bertz CT molecular complexity index is 848. The Morgan fingerprint density at radius 3 is 2.29 bits per heavy atom. The molecule has 1 aliphatic rings. The second-order valence-corrected chi connectivity index (χ2v) is 6.73. The van der Waals surface area contributed by atoms with E-state index in [0.717, 1.165) is 17.8 Å². The van der Waals surface area contributed by atoms with Crippen LogP contribution in [0.25, 0.3) is 0 Å². The van der Waals surface area contributed by atoms with Crippen molar-refractivity contribution in [2.24, 2.45) is 0 Å². The molecule has 0 unspecified atom stereocenters. The van der Waals surface area contributed by atoms with Gasteiger partial charge in [-0.05, 0) is 25.5 Å². The van der Waals surface area contributed by atoms with Gasteiger partial charge in [0, 0.05) is 37.9 Å². The van der Waals surface area contributed by atoms with Crippen molar-refractivity contribution in [3.63, 3.8) is 0 Å². The van der Waals surface area contributed by atoms with Gasteiger partial charge in [0.2, 0.25) is 5.78 Å². The van der Waals surface area contributed by atoms with Gasteiger partial charge in [0.05, 0.1) is 5.56 Å². The Balaban J connectivity index is 1.65. The Hall–Kier alpha value is -2.90. The van der Waals surface area contributed by atoms with Crippen molar-refractivity contribution in [3.8, 4) is 0 Å². The number of aryl methyl sites for hydroxylation is 1. The lowest BCUT2D eigenvalue weighted by atomic mass is 10.1. The summed E-state index contributed by atoms with van der Waals surface area (Å²) in [6.07, 6.45) is -3.02. The Labute approximate surface area is 160 Å². The van der Waals surface area contributed by atoms with E-state index in [2.05, 4.69) is 4.98 Å². The number of carbonyl (C=O) groups excluding carboxylic acids is 2. The second-order valence-electron chi connectivity index (χ2n) is 6.73. The van der Waals surface area contributed by atoms with Crippen LogP contribution in [0.3, 0.4) is 0 Å². The number of carbonyl (C=O) groups is 2. The number of Topliss-reactive ketones (excluding diaryl/α,β-unsaturated/α-hetero) is 1. The molecule has 2 aromatic rings. The number of ketones is 1. The van der Waals surface area contributed by atoms with Crippen LogP contribution in [0.1, 0.15) is 27.9 Å². The summed E-state index contributed by atoms with van der Waals surface area (Å²) in [7, 11) is 0. The fourth-order valence-corrected chi connectivity index (χ4v) is 3.06. The van der Waals surface area contributed by atoms with Gasteiger partial charge >= 0.3 is 6.18 Å². The number of nitrogens with zero attached hydrogens (tertiary/aromatic N) is 3. The number of aromatic nitrogens is 1. The molecular weight excluding hydrogens is 371 g/mol. The number of halogens is 3. The lowest BCUT2D eigenvalue weighted by Gasteiger charge is -2.22. The zero-order valence-electron chi connectivity index (χ0n) is 15.4. The van der Waals surface area contributed by atoms with Crippen LogP contribution in [-0.4, -0.2) is 47.8 Å². The molecule has 148 valence electrons. The van der Waals surface area contributed by atoms with E-state index in [-0.39, 0.29) is 0 Å². The van der Waals surface area contributed by atoms with E-state index < -0.39 is 23.4 Å². The largest absolute Gasteiger partial charge is 0.417 e. The highest BCUT2D eigenvalue weighted by Gasteiger charge is 2.31. The number of amides is 1. The molecule has 8 heteroatoms. The average Bonchev–Trinajstić information content (AvgIpc) is 2.93. The molecule has 3 rings (SSSR count). The maximum atomic E-state index is 12.7. The van der Waals surface area contributed by atoms with Gasteiger partial charge in [0.1, 0.15) is 5.82 Å². The number of rotatable bonds is 3. The normalized spacial score (nSPS) is 15.3. The summed E-state index contributed by atoms with van der Waals surface area (Å²) in [5.74, 6) is -0.695. The third kappa shape index (κ3) is 4.49. The van der Waals surface area contributed by atoms with E-state index in [1.165, 1.54) is 11.0 Å². The Morgan fingerprint density at radius 2 is 1.68 bits per heavy atom. The van der Waals surface area contributed by atoms with Crippen molar-refractivity contribution < 1.29 is 22.8 Å². The lowest BCUT2D eigenvalue weighted by Crippen LogP contribution is -2.39. The van der Waals surface area contributed by atoms with Crippen LogP contribution in [0.5, 0.6) is 0 Å². The third-order valence-electron chi connectivity index (χ3n) is 4.69. The Kier molecular flexibility index (Phi) is 5.67. The van der Waals surface area contributed by atoms with Crippen molar-refractivity contribution in [1.29, 1.82) is 0 Å². The molecule has 1 aromatic heterocycles. The molecule has 2 heterocycles. The van der Waals surface area contributed by atoms with Crippen molar-refractivity contribution >= 4 is 17.5 Å². The predicted octanol–water partition coefficient (Wildman–Crippen LogP) is 3.33. The highest BCUT2D eigenvalue weighted by Crippen LogP contribution is 2.29. The molecular formula is C20H20F3N3O2. The van der Waals surface area contributed by atoms with Crippen LogP contribution >= 0.6 is 0 Å². The van der Waals surface area contributed by atoms with Gasteiger partial charge in [-0.1, -0.05) is 29.8 Å². The number of anilines is 1. The summed E-state index contributed by atoms with van der Waals surface area (Å²) in [4.78, 5) is 32.2. The van der Waals surface area contributed by atoms with Gasteiger partial charge < -0.3 is 9.80 Å². The van der Waals surface area contributed by atoms with Crippen molar-refractivity contribution in [1.82, 2.24) is 9.88 Å². The predicted molar refractivity (Wildman–Crippen MR) is 98.2 cm³/mol. The quantitative estimate of drug-likeness (QED) is 0.595. The van der Waals surface area contributed by atoms with Crippen molar-refractivity contribution in [3.05, 3.63) is 59.3 Å². The molecule has 0 saturated carbocycles. The summed E-state index contributed by atoms with van der Waals surface area (Å²) < 4.78 is 38.0. The van der Waals surface area contributed by atoms with E-state index in [9.17, 15) is 22.8 Å². The van der Waals surface area contributed by atoms with E-state index in [4.69, 9.17) is 0 Å². The molecule has 0 aliphatic carbocycles. The number of pyridine rings is 1. The highest BCUT2D eigenvalue weighted by molar-refractivity contribution is 6.42. The standard InChI is InChI=1S/C20H20F3N3O2/c1-14-3-5-15(6-4-14)18(27)19(28)26-10-2-9-25(11-12-26)17-8-7-16(13-24-17)20(21,22)23/h3-8,13H,2,9-12H2,1H3. The van der Waals surface area contributed by atoms with Crippen LogP contribution < -0.4 is 4.90 Å². The van der Waals surface area contributed by atoms with Crippen molar-refractivity contribution in [2.45, 2.75) is 19.5 Å². The first kappa shape index (κ1) is 19.9. The smallest absolute Gasteiger partial charge is 0.355 e. The van der Waals surface area contributed by atoms with E-state index in [1.807, 2.05) is 11.8 Å². The topological polar surface area (TPSA) is 53.5 Å². The molecule has 1 saturated heterocycles. The summed E-state index contributed by atoms with van der Waals surface area (Å²) in [5, 5.41) is 0. The first-order valence-corrected chi connectivity index (χ1v) is 8.94. The second kappa shape index (κ2) is 8.00. The number of alkyl halides is 3. The highest BCUT2D eigenvalue weighted by atomic mass is 19.4. The van der Waals surface area contributed by atoms with Gasteiger partial charge in [-0.3, -0.25) is 9.59 Å². The van der Waals surface area contributed by atoms with E-state index in [0.29, 0.717) is 44.0 Å². The molecule has 5 nitrogen and oxygen atoms in total. The lowest BCUT2D eigenvalue weighted by molar-refractivity contribution is -0.137. The molecule has 28 heavy (non-hydrogen) atoms. The van der Waals surface area contributed by atoms with Crippen LogP contribution in [0.15, 0.2) is 42.6 Å². The molecule has 1 aromatic carbocycles. The fraction of sp³-hybridized carbons (Fsp3) is 0.350. The minimum Gasteiger partial charge on any atom is -0.355 e. The summed E-state index contributed by atoms with van der Waals surface area (Å²) in [5.41, 5.74) is 0.547. The SMILES string of the molecule is Cc1ccc(C(=O)C(=O)N2CCCN(c3ccc(C(F)(F)F)cn3)CC2)cc1. The van der Waals surface area contributed by atoms with Gasteiger partial charge in [-0.15, -0.1) is 0 Å². The van der Waals surface area contributed by atoms with E-state index >= 15 is 0 Å². The zero-order chi connectivity index (χ0) is 20.3. The maximum absolute atomic E-state index is 12.7. The van der Waals surface area contributed by atoms with Crippen molar-refractivity contribution in [2.75, 3.05) is 31.1 Å². The van der Waals surface area contributed by atoms with E-state index in [1.54, 1.807) is 24.3 Å². The van der Waals surface area contributed by atoms with Gasteiger partial charge in [-0.2, -0.15) is 13.2 Å². The molecule has 0 atom stereocenters. The molecule has 0 bridgehead atoms. The van der Waals surface area contributed by atoms with Gasteiger partial charge in [-0.25, -0.2) is 4.98 Å². The number of hydrogen-bond acceptors (Lipinski definition) is 4. The zero-order valence-corrected chi connectivity index (χ0v) is 15.4. The fourth-order valence-electron chi connectivity index (χ4n) is 3.06. The molecule has 0 N–H and O–H groups in total. The summed E-state index contributed by atoms with van der Waals surface area (Å²) >= 11 is 0. The molecule has 0 radical (unpaired) electrons. The van der Waals surface area contributed by atoms with Crippen LogP contribution in [-0.2, 0) is 11.0 Å². The summed E-state index contributed by atoms with van der Waals surface area (Å²) in [6.45, 7) is 3.55. The summed E-state index contributed by atoms with van der Waals surface area (Å²) in [6, 6.07) is 9.15. The van der Waals surface area contributed by atoms with Crippen LogP contribution in [0, 0.1) is 6.92 Å². The molecule has 1 fully saturated rings. The maximum Gasteiger partial charge on any atom is 0.417 e. The number of benzene rings is 1. The first-order valence-electron chi connectivity index (χ1n) is 8.94. The molecule has 1 amide bonds. The third-order valence-corrected chi connectivity index (χ3v) is 4.69. The Morgan fingerprint density at radius 1 is 0.964 bits per heavy atom. The van der Waals surface area contributed by atoms with Crippen LogP contribution in [0.2, 0.25) is 0 Å². The molecule has 0 spiro atoms. The first-order chi connectivity index (χ1) is 13.3. The number of hydrogen-bond donors (Lipinski definition) is 0. The molecule has 1 aliphatic heterocycles.